The summed E-state index contributed by atoms with van der Waals surface area (Å²) >= 11 is 0. The van der Waals surface area contributed by atoms with Gasteiger partial charge in [-0.3, -0.25) is 9.41 Å². The Balaban J connectivity index is -0.000000720. The molecule has 0 unspecified atom stereocenters. The van der Waals surface area contributed by atoms with Gasteiger partial charge in [0, 0.05) is 0 Å². The van der Waals surface area contributed by atoms with Gasteiger partial charge in [0.05, 0.1) is 0 Å². The van der Waals surface area contributed by atoms with Crippen molar-refractivity contribution in [2.75, 3.05) is 0 Å². The van der Waals surface area contributed by atoms with Crippen molar-refractivity contribution < 1.29 is 9.41 Å². The molecule has 2 heteroatoms. The quantitative estimate of drug-likeness (QED) is 0.597. The van der Waals surface area contributed by atoms with E-state index in [0.717, 1.165) is 16.7 Å². The van der Waals surface area contributed by atoms with Crippen LogP contribution in [0.3, 0.4) is 0 Å². The molecular formula is C13H18F2. The van der Waals surface area contributed by atoms with E-state index in [-0.39, 0.29) is 9.41 Å². The highest BCUT2D eigenvalue weighted by atomic mass is 19.0. The molecule has 0 amide bonds. The van der Waals surface area contributed by atoms with Crippen molar-refractivity contribution in [3.63, 3.8) is 0 Å². The third kappa shape index (κ3) is 10.2. The number of allylic oxidation sites excluding steroid dienone is 8. The fraction of sp³-hybridized carbons (Fsp3) is 0.0769. The van der Waals surface area contributed by atoms with E-state index in [4.69, 9.17) is 0 Å². The molecule has 0 saturated heterocycles. The summed E-state index contributed by atoms with van der Waals surface area (Å²) in [6.45, 7) is 17.0. The van der Waals surface area contributed by atoms with Gasteiger partial charge in [-0.25, -0.2) is 0 Å². The summed E-state index contributed by atoms with van der Waals surface area (Å²) in [4.78, 5) is 0. The van der Waals surface area contributed by atoms with Gasteiger partial charge in [-0.15, -0.1) is 0 Å². The summed E-state index contributed by atoms with van der Waals surface area (Å²) in [6, 6.07) is 0. The molecule has 0 N–H and O–H groups in total. The zero-order valence-corrected chi connectivity index (χ0v) is 9.03. The van der Waals surface area contributed by atoms with Crippen LogP contribution in [0.4, 0.5) is 9.41 Å². The van der Waals surface area contributed by atoms with E-state index >= 15 is 0 Å². The van der Waals surface area contributed by atoms with Crippen LogP contribution in [0.25, 0.3) is 0 Å². The second kappa shape index (κ2) is 10.4. The maximum atomic E-state index is 3.87. The number of hydrogen-bond acceptors (Lipinski definition) is 0. The molecule has 0 aliphatic rings. The zero-order chi connectivity index (χ0) is 10.3. The molecule has 0 aliphatic heterocycles. The molecule has 0 saturated carbocycles. The van der Waals surface area contributed by atoms with Crippen LogP contribution in [0.2, 0.25) is 0 Å². The van der Waals surface area contributed by atoms with Crippen LogP contribution < -0.4 is 0 Å². The van der Waals surface area contributed by atoms with Crippen molar-refractivity contribution in [2.24, 2.45) is 0 Å². The molecule has 0 aromatic heterocycles. The van der Waals surface area contributed by atoms with E-state index < -0.39 is 0 Å². The Kier molecular flexibility index (Phi) is 13.1. The maximum absolute atomic E-state index is 3.87. The molecule has 0 heterocycles. The first-order valence-electron chi connectivity index (χ1n) is 4.08. The Hall–Kier alpha value is -1.70. The van der Waals surface area contributed by atoms with Gasteiger partial charge in [-0.2, -0.15) is 0 Å². The lowest BCUT2D eigenvalue weighted by molar-refractivity contribution is 1.11. The van der Waals surface area contributed by atoms with Crippen LogP contribution in [0.1, 0.15) is 6.92 Å². The minimum Gasteiger partial charge on any atom is -0.269 e. The van der Waals surface area contributed by atoms with Crippen LogP contribution in [-0.4, -0.2) is 0 Å². The van der Waals surface area contributed by atoms with E-state index in [1.165, 1.54) is 0 Å². The van der Waals surface area contributed by atoms with E-state index in [1.54, 1.807) is 6.08 Å². The molecule has 0 fully saturated rings. The highest BCUT2D eigenvalue weighted by Gasteiger charge is 1.89. The molecule has 0 nitrogen and oxygen atoms in total. The van der Waals surface area contributed by atoms with Crippen LogP contribution in [0.15, 0.2) is 73.4 Å². The van der Waals surface area contributed by atoms with Crippen molar-refractivity contribution in [3.05, 3.63) is 73.4 Å². The predicted molar refractivity (Wildman–Crippen MR) is 66.6 cm³/mol. The monoisotopic (exact) mass is 212 g/mol. The minimum absolute atomic E-state index is 0. The zero-order valence-electron chi connectivity index (χ0n) is 9.03. The van der Waals surface area contributed by atoms with Gasteiger partial charge in [0.15, 0.2) is 0 Å². The van der Waals surface area contributed by atoms with E-state index in [1.807, 2.05) is 31.2 Å². The van der Waals surface area contributed by atoms with Crippen molar-refractivity contribution in [1.82, 2.24) is 0 Å². The van der Waals surface area contributed by atoms with Gasteiger partial charge in [0.2, 0.25) is 0 Å². The first-order chi connectivity index (χ1) is 6.07. The van der Waals surface area contributed by atoms with Gasteiger partial charge in [-0.1, -0.05) is 62.3 Å². The number of halogens is 2. The van der Waals surface area contributed by atoms with Crippen LogP contribution in [-0.2, 0) is 0 Å². The molecule has 15 heavy (non-hydrogen) atoms. The maximum Gasteiger partial charge on any atom is -0.0262 e. The molecule has 0 radical (unpaired) electrons. The molecule has 0 aromatic rings. The third-order valence-corrected chi connectivity index (χ3v) is 1.41. The first-order valence-corrected chi connectivity index (χ1v) is 4.08. The molecule has 0 bridgehead atoms. The average molecular weight is 212 g/mol. The SMILES string of the molecule is C=C/C=C\C(=C)C(=C)/C=C\C(=C)C.F.F. The van der Waals surface area contributed by atoms with E-state index in [0.29, 0.717) is 0 Å². The van der Waals surface area contributed by atoms with Crippen molar-refractivity contribution >= 4 is 0 Å². The standard InChI is InChI=1S/C13H16.2FH/c1-6-7-8-12(4)13(5)10-9-11(2)3;;/h6-10H,1-2,4-5H2,3H3;2*1H/b8-7-,10-9-;;. The first kappa shape index (κ1) is 19.0. The summed E-state index contributed by atoms with van der Waals surface area (Å²) in [5.74, 6) is 0. The lowest BCUT2D eigenvalue weighted by Crippen LogP contribution is -1.77. The molecule has 0 atom stereocenters. The van der Waals surface area contributed by atoms with Crippen LogP contribution in [0, 0.1) is 0 Å². The average Bonchev–Trinajstić information content (AvgIpc) is 2.10. The fourth-order valence-electron chi connectivity index (χ4n) is 0.641. The molecule has 0 rings (SSSR count). The topological polar surface area (TPSA) is 0 Å². The van der Waals surface area contributed by atoms with E-state index in [9.17, 15) is 0 Å². The Morgan fingerprint density at radius 1 is 0.867 bits per heavy atom. The number of hydrogen-bond donors (Lipinski definition) is 0. The largest absolute Gasteiger partial charge is 0.269 e. The highest BCUT2D eigenvalue weighted by molar-refractivity contribution is 5.44. The Bertz CT molecular complexity index is 294. The van der Waals surface area contributed by atoms with Gasteiger partial charge in [0.1, 0.15) is 0 Å². The predicted octanol–water partition coefficient (Wildman–Crippen LogP) is 4.28. The van der Waals surface area contributed by atoms with Crippen LogP contribution >= 0.6 is 0 Å². The molecule has 0 spiro atoms. The second-order valence-corrected chi connectivity index (χ2v) is 2.82. The van der Waals surface area contributed by atoms with Gasteiger partial charge < -0.3 is 0 Å². The van der Waals surface area contributed by atoms with Gasteiger partial charge >= 0.3 is 0 Å². The Labute approximate surface area is 90.4 Å². The van der Waals surface area contributed by atoms with Crippen molar-refractivity contribution in [1.29, 1.82) is 0 Å². The van der Waals surface area contributed by atoms with Crippen LogP contribution in [0.5, 0.6) is 0 Å². The second-order valence-electron chi connectivity index (χ2n) is 2.82. The molecule has 0 aromatic carbocycles. The van der Waals surface area contributed by atoms with Gasteiger partial charge in [-0.05, 0) is 18.1 Å². The smallest absolute Gasteiger partial charge is 0.0262 e. The van der Waals surface area contributed by atoms with Gasteiger partial charge in [0.25, 0.3) is 0 Å². The lowest BCUT2D eigenvalue weighted by atomic mass is 10.1. The summed E-state index contributed by atoms with van der Waals surface area (Å²) in [5, 5.41) is 0. The lowest BCUT2D eigenvalue weighted by Gasteiger charge is -1.97. The fourth-order valence-corrected chi connectivity index (χ4v) is 0.641. The van der Waals surface area contributed by atoms with Crippen molar-refractivity contribution in [2.45, 2.75) is 6.92 Å². The summed E-state index contributed by atoms with van der Waals surface area (Å²) in [6.07, 6.45) is 9.23. The highest BCUT2D eigenvalue weighted by Crippen LogP contribution is 2.09. The van der Waals surface area contributed by atoms with E-state index in [2.05, 4.69) is 26.3 Å². The van der Waals surface area contributed by atoms with Crippen molar-refractivity contribution in [3.8, 4) is 0 Å². The Morgan fingerprint density at radius 3 is 1.73 bits per heavy atom. The summed E-state index contributed by atoms with van der Waals surface area (Å²) < 4.78 is 0. The molecule has 0 aliphatic carbocycles. The normalized spacial score (nSPS) is 9.13. The summed E-state index contributed by atoms with van der Waals surface area (Å²) in [7, 11) is 0. The molecule has 84 valence electrons. The number of rotatable bonds is 5. The Morgan fingerprint density at radius 2 is 1.33 bits per heavy atom. The minimum atomic E-state index is 0. The molecular weight excluding hydrogens is 194 g/mol. The summed E-state index contributed by atoms with van der Waals surface area (Å²) in [5.41, 5.74) is 2.78. The third-order valence-electron chi connectivity index (χ3n) is 1.41.